The maximum absolute atomic E-state index is 4.93. The third-order valence-electron chi connectivity index (χ3n) is 11.8. The molecule has 0 unspecified atom stereocenters. The van der Waals surface area contributed by atoms with Gasteiger partial charge >= 0.3 is 37.9 Å². The van der Waals surface area contributed by atoms with Gasteiger partial charge in [0.25, 0.3) is 0 Å². The van der Waals surface area contributed by atoms with E-state index in [1.54, 1.807) is 20.7 Å². The summed E-state index contributed by atoms with van der Waals surface area (Å²) in [6.45, 7) is 52.3. The summed E-state index contributed by atoms with van der Waals surface area (Å²) in [6.07, 6.45) is 0. The van der Waals surface area contributed by atoms with Crippen LogP contribution in [0.3, 0.4) is 0 Å². The van der Waals surface area contributed by atoms with Crippen LogP contribution in [0, 0.1) is 13.8 Å². The van der Waals surface area contributed by atoms with E-state index in [0.29, 0.717) is 0 Å². The molecule has 0 saturated heterocycles. The molecule has 0 nitrogen and oxygen atoms in total. The summed E-state index contributed by atoms with van der Waals surface area (Å²) >= 11 is -0.826. The molecule has 6 rings (SSSR count). The van der Waals surface area contributed by atoms with E-state index in [2.05, 4.69) is 232 Å². The fraction of sp³-hybridized carbons (Fsp3) is 0.444. The van der Waals surface area contributed by atoms with E-state index in [9.17, 15) is 0 Å². The van der Waals surface area contributed by atoms with E-state index in [4.69, 9.17) is 17.0 Å². The van der Waals surface area contributed by atoms with Gasteiger partial charge in [-0.1, -0.05) is 213 Å². The Morgan fingerprint density at radius 2 is 0.694 bits per heavy atom. The summed E-state index contributed by atoms with van der Waals surface area (Å²) in [4.78, 5) is 0. The van der Waals surface area contributed by atoms with Crippen molar-refractivity contribution in [2.24, 2.45) is 0 Å². The first kappa shape index (κ1) is 55.0. The molecule has 0 spiro atoms. The molecule has 0 atom stereocenters. The van der Waals surface area contributed by atoms with Crippen molar-refractivity contribution in [1.29, 1.82) is 0 Å². The van der Waals surface area contributed by atoms with Gasteiger partial charge in [0.05, 0.1) is 32.3 Å². The summed E-state index contributed by atoms with van der Waals surface area (Å²) in [5.74, 6) is 0. The van der Waals surface area contributed by atoms with Gasteiger partial charge in [0.15, 0.2) is 0 Å². The number of halogens is 2. The maximum atomic E-state index is 4.93. The van der Waals surface area contributed by atoms with Gasteiger partial charge in [-0.2, -0.15) is 12.1 Å². The van der Waals surface area contributed by atoms with Crippen LogP contribution < -0.4 is 20.7 Å². The van der Waals surface area contributed by atoms with Crippen LogP contribution in [0.25, 0.3) is 43.8 Å². The van der Waals surface area contributed by atoms with E-state index < -0.39 is 53.1 Å². The van der Waals surface area contributed by atoms with Crippen LogP contribution in [0.15, 0.2) is 84.9 Å². The van der Waals surface area contributed by atoms with E-state index in [1.165, 1.54) is 66.1 Å². The Kier molecular flexibility index (Phi) is 18.7. The van der Waals surface area contributed by atoms with Crippen LogP contribution >= 0.6 is 17.0 Å². The predicted octanol–water partition coefficient (Wildman–Crippen LogP) is 16.0. The molecule has 0 aliphatic rings. The second kappa shape index (κ2) is 21.1. The first-order chi connectivity index (χ1) is 28.2. The molecule has 0 amide bonds. The fourth-order valence-corrected chi connectivity index (χ4v) is 12.7. The molecule has 2 radical (unpaired) electrons. The summed E-state index contributed by atoms with van der Waals surface area (Å²) in [7, 11) is 5.37. The van der Waals surface area contributed by atoms with Crippen LogP contribution in [-0.4, -0.2) is 41.8 Å². The molecule has 0 bridgehead atoms. The molecule has 0 aliphatic carbocycles. The average molecular weight is 1030 g/mol. The number of rotatable bonds is 6. The van der Waals surface area contributed by atoms with Gasteiger partial charge in [-0.25, -0.2) is 0 Å². The van der Waals surface area contributed by atoms with Crippen LogP contribution in [0.1, 0.15) is 63.8 Å². The van der Waals surface area contributed by atoms with Crippen LogP contribution in [0.4, 0.5) is 0 Å². The van der Waals surface area contributed by atoms with Gasteiger partial charge < -0.3 is 0 Å². The first-order valence-corrected chi connectivity index (χ1v) is 44.8. The Morgan fingerprint density at radius 3 is 0.903 bits per heavy atom. The summed E-state index contributed by atoms with van der Waals surface area (Å²) < 4.78 is 0. The van der Waals surface area contributed by atoms with E-state index in [1.807, 2.05) is 0 Å². The van der Waals surface area contributed by atoms with E-state index in [0.717, 1.165) is 9.52 Å². The monoisotopic (exact) mass is 1030 g/mol. The second-order valence-electron chi connectivity index (χ2n) is 23.7. The SMILES string of the molecule is C[Si]C.Cc1ccc2[cH-]c(C(C)(C)C)cc2c1-c1cc([Si](C)(C)C)cc([Si](C)(C)C)c1.Cc1ccc2[cH-]c(C(C)(C)C)cc2c1-c1cc([Si](C)(C)C)cc([Si](C)(C)C)c1.[Cl][Zr+2][Cl]. The number of fused-ring (bicyclic) bond motifs is 2. The van der Waals surface area contributed by atoms with Crippen LogP contribution in [0.5, 0.6) is 0 Å². The molecule has 0 saturated carbocycles. The first-order valence-electron chi connectivity index (χ1n) is 22.5. The van der Waals surface area contributed by atoms with Crippen molar-refractivity contribution < 1.29 is 20.8 Å². The number of hydrogen-bond donors (Lipinski definition) is 0. The van der Waals surface area contributed by atoms with Crippen molar-refractivity contribution in [1.82, 2.24) is 0 Å². The predicted molar refractivity (Wildman–Crippen MR) is 298 cm³/mol. The molecule has 0 heterocycles. The standard InChI is InChI=1S/2C26H37Si2.C2H6Si.2ClH.Zr/c2*1-18-11-12-19-13-21(26(2,3)4)16-24(19)25(18)20-14-22(27(5,6)7)17-23(15-20)28(8,9)10;1-3-2;;;/h2*11-17H,1-10H3;1-2H3;2*1H;/q2*-1;;;;+4/p-2. The Bertz CT molecular complexity index is 2190. The van der Waals surface area contributed by atoms with Crippen molar-refractivity contribution in [2.45, 2.75) is 158 Å². The zero-order valence-corrected chi connectivity index (χ0v) is 51.8. The molecule has 6 aromatic carbocycles. The summed E-state index contributed by atoms with van der Waals surface area (Å²) in [5, 5.41) is 11.9. The van der Waals surface area contributed by atoms with Crippen molar-refractivity contribution >= 4 is 101 Å². The quantitative estimate of drug-likeness (QED) is 0.115. The molecule has 0 aliphatic heterocycles. The fourth-order valence-electron chi connectivity index (χ4n) is 7.69. The Hall–Kier alpha value is -1.35. The Morgan fingerprint density at radius 1 is 0.452 bits per heavy atom. The topological polar surface area (TPSA) is 0 Å². The summed E-state index contributed by atoms with van der Waals surface area (Å²) in [5.41, 5.74) is 11.7. The van der Waals surface area contributed by atoms with Gasteiger partial charge in [-0.05, 0) is 35.8 Å². The van der Waals surface area contributed by atoms with Crippen molar-refractivity contribution in [3.05, 3.63) is 107 Å². The normalized spacial score (nSPS) is 12.5. The van der Waals surface area contributed by atoms with Gasteiger partial charge in [-0.15, -0.1) is 69.1 Å². The number of hydrogen-bond acceptors (Lipinski definition) is 0. The summed E-state index contributed by atoms with van der Waals surface area (Å²) in [6, 6.07) is 33.9. The van der Waals surface area contributed by atoms with Gasteiger partial charge in [0, 0.05) is 9.52 Å². The third-order valence-corrected chi connectivity index (χ3v) is 19.9. The molecule has 6 aromatic rings. The van der Waals surface area contributed by atoms with E-state index in [-0.39, 0.29) is 10.8 Å². The van der Waals surface area contributed by atoms with Crippen LogP contribution in [-0.2, 0) is 31.7 Å². The van der Waals surface area contributed by atoms with Crippen molar-refractivity contribution in [3.8, 4) is 22.3 Å². The minimum atomic E-state index is -1.40. The molecular formula is C54H80Cl2Si5Zr. The Balaban J connectivity index is 0.000000293. The molecule has 8 heteroatoms. The molecule has 62 heavy (non-hydrogen) atoms. The molecule has 0 aromatic heterocycles. The zero-order chi connectivity index (χ0) is 47.6. The second-order valence-corrected chi connectivity index (χ2v) is 48.7. The molecular weight excluding hydrogens is 951 g/mol. The molecule has 334 valence electrons. The zero-order valence-electron chi connectivity index (χ0n) is 42.8. The number of benzene rings is 4. The van der Waals surface area contributed by atoms with Crippen molar-refractivity contribution in [2.75, 3.05) is 0 Å². The van der Waals surface area contributed by atoms with Crippen molar-refractivity contribution in [3.63, 3.8) is 0 Å². The molecule has 0 fully saturated rings. The third kappa shape index (κ3) is 14.3. The van der Waals surface area contributed by atoms with Crippen LogP contribution in [0.2, 0.25) is 91.7 Å². The van der Waals surface area contributed by atoms with E-state index >= 15 is 0 Å². The van der Waals surface area contributed by atoms with Gasteiger partial charge in [0.2, 0.25) is 0 Å². The van der Waals surface area contributed by atoms with Gasteiger partial charge in [-0.3, -0.25) is 0 Å². The molecule has 0 N–H and O–H groups in total. The van der Waals surface area contributed by atoms with Gasteiger partial charge in [0.1, 0.15) is 0 Å². The number of aryl methyl sites for hydroxylation is 2. The Labute approximate surface area is 405 Å². The minimum absolute atomic E-state index is 0.174. The average Bonchev–Trinajstić information content (AvgIpc) is 3.76.